The van der Waals surface area contributed by atoms with Crippen molar-refractivity contribution in [1.29, 1.82) is 0 Å². The van der Waals surface area contributed by atoms with E-state index in [1.165, 1.54) is 0 Å². The van der Waals surface area contributed by atoms with Gasteiger partial charge in [-0.15, -0.1) is 0 Å². The van der Waals surface area contributed by atoms with Gasteiger partial charge in [0, 0.05) is 17.7 Å². The van der Waals surface area contributed by atoms with Crippen molar-refractivity contribution < 1.29 is 23.5 Å². The zero-order valence-electron chi connectivity index (χ0n) is 13.2. The summed E-state index contributed by atoms with van der Waals surface area (Å²) in [6, 6.07) is 8.52. The number of hydrogen-bond acceptors (Lipinski definition) is 5. The van der Waals surface area contributed by atoms with E-state index in [-0.39, 0.29) is 30.6 Å². The molecule has 6 heteroatoms. The lowest BCUT2D eigenvalue weighted by Crippen LogP contribution is -2.14. The molecule has 1 aromatic heterocycles. The number of anilines is 1. The lowest BCUT2D eigenvalue weighted by atomic mass is 9.99. The van der Waals surface area contributed by atoms with E-state index < -0.39 is 5.97 Å². The second kappa shape index (κ2) is 6.70. The molecular formula is C18H17NO5. The van der Waals surface area contributed by atoms with Crippen LogP contribution in [-0.2, 0) is 20.7 Å². The molecule has 124 valence electrons. The first-order valence-electron chi connectivity index (χ1n) is 7.70. The number of benzene rings is 1. The molecule has 1 N–H and O–H groups in total. The molecule has 0 saturated carbocycles. The number of carbonyl (C=O) groups is 3. The Balaban J connectivity index is 1.54. The van der Waals surface area contributed by atoms with Gasteiger partial charge < -0.3 is 14.5 Å². The molecule has 3 rings (SSSR count). The van der Waals surface area contributed by atoms with Crippen molar-refractivity contribution in [3.05, 3.63) is 53.5 Å². The van der Waals surface area contributed by atoms with Gasteiger partial charge in [0.15, 0.2) is 12.4 Å². The minimum atomic E-state index is -0.453. The summed E-state index contributed by atoms with van der Waals surface area (Å²) >= 11 is 0. The molecule has 0 aliphatic carbocycles. The number of rotatable bonds is 6. The van der Waals surface area contributed by atoms with Gasteiger partial charge in [0.1, 0.15) is 5.76 Å². The van der Waals surface area contributed by atoms with Gasteiger partial charge in [-0.3, -0.25) is 14.4 Å². The fourth-order valence-corrected chi connectivity index (χ4v) is 2.57. The number of carbonyl (C=O) groups excluding carboxylic acids is 3. The summed E-state index contributed by atoms with van der Waals surface area (Å²) in [5, 5.41) is 2.75. The highest BCUT2D eigenvalue weighted by molar-refractivity contribution is 6.05. The topological polar surface area (TPSA) is 85.6 Å². The van der Waals surface area contributed by atoms with Crippen molar-refractivity contribution in [3.63, 3.8) is 0 Å². The fourth-order valence-electron chi connectivity index (χ4n) is 2.57. The Kier molecular flexibility index (Phi) is 4.46. The summed E-state index contributed by atoms with van der Waals surface area (Å²) in [6.45, 7) is 1.47. The van der Waals surface area contributed by atoms with E-state index in [9.17, 15) is 14.4 Å². The van der Waals surface area contributed by atoms with Crippen LogP contribution in [0.15, 0.2) is 41.0 Å². The predicted molar refractivity (Wildman–Crippen MR) is 85.8 cm³/mol. The minimum absolute atomic E-state index is 0.0843. The first-order valence-corrected chi connectivity index (χ1v) is 7.70. The van der Waals surface area contributed by atoms with E-state index in [2.05, 4.69) is 5.32 Å². The van der Waals surface area contributed by atoms with Crippen LogP contribution in [0.5, 0.6) is 0 Å². The molecule has 0 unspecified atom stereocenters. The highest BCUT2D eigenvalue weighted by Crippen LogP contribution is 2.32. The highest BCUT2D eigenvalue weighted by atomic mass is 16.5. The van der Waals surface area contributed by atoms with Crippen molar-refractivity contribution in [2.24, 2.45) is 0 Å². The SMILES string of the molecule is C[C@@H]1C(=O)Nc2ccc(C(=O)COC(=O)CCc3ccco3)cc21. The summed E-state index contributed by atoms with van der Waals surface area (Å²) < 4.78 is 10.1. The van der Waals surface area contributed by atoms with Gasteiger partial charge in [-0.25, -0.2) is 0 Å². The number of nitrogens with one attached hydrogen (secondary N) is 1. The largest absolute Gasteiger partial charge is 0.469 e. The van der Waals surface area contributed by atoms with Crippen LogP contribution < -0.4 is 5.32 Å². The molecule has 1 aliphatic rings. The fraction of sp³-hybridized carbons (Fsp3) is 0.278. The van der Waals surface area contributed by atoms with Crippen LogP contribution in [0.1, 0.15) is 40.9 Å². The van der Waals surface area contributed by atoms with Crippen molar-refractivity contribution in [1.82, 2.24) is 0 Å². The summed E-state index contributed by atoms with van der Waals surface area (Å²) in [5.41, 5.74) is 1.94. The van der Waals surface area contributed by atoms with Crippen molar-refractivity contribution in [2.45, 2.75) is 25.7 Å². The molecule has 1 atom stereocenters. The number of hydrogen-bond donors (Lipinski definition) is 1. The zero-order chi connectivity index (χ0) is 17.1. The minimum Gasteiger partial charge on any atom is -0.469 e. The van der Waals surface area contributed by atoms with Crippen LogP contribution in [0.4, 0.5) is 5.69 Å². The number of Topliss-reactive ketones (excluding diaryl/α,β-unsaturated/α-hetero) is 1. The average molecular weight is 327 g/mol. The molecule has 2 aromatic rings. The number of amides is 1. The van der Waals surface area contributed by atoms with Crippen molar-refractivity contribution in [3.8, 4) is 0 Å². The van der Waals surface area contributed by atoms with E-state index in [0.717, 1.165) is 11.3 Å². The lowest BCUT2D eigenvalue weighted by molar-refractivity contribution is -0.142. The molecular weight excluding hydrogens is 310 g/mol. The summed E-state index contributed by atoms with van der Waals surface area (Å²) in [4.78, 5) is 35.5. The molecule has 6 nitrogen and oxygen atoms in total. The van der Waals surface area contributed by atoms with Crippen LogP contribution in [0, 0.1) is 0 Å². The van der Waals surface area contributed by atoms with E-state index in [1.807, 2.05) is 0 Å². The van der Waals surface area contributed by atoms with Crippen molar-refractivity contribution >= 4 is 23.3 Å². The monoisotopic (exact) mass is 327 g/mol. The van der Waals surface area contributed by atoms with Gasteiger partial charge in [0.25, 0.3) is 0 Å². The predicted octanol–water partition coefficient (Wildman–Crippen LogP) is 2.69. The van der Waals surface area contributed by atoms with Crippen LogP contribution in [0.3, 0.4) is 0 Å². The first kappa shape index (κ1) is 16.0. The van der Waals surface area contributed by atoms with E-state index in [1.54, 1.807) is 43.5 Å². The molecule has 0 radical (unpaired) electrons. The lowest BCUT2D eigenvalue weighted by Gasteiger charge is -2.06. The number of ether oxygens (including phenoxy) is 1. The first-order chi connectivity index (χ1) is 11.5. The number of aryl methyl sites for hydroxylation is 1. The van der Waals surface area contributed by atoms with E-state index in [0.29, 0.717) is 17.7 Å². The Hall–Kier alpha value is -2.89. The normalized spacial score (nSPS) is 15.7. The molecule has 0 spiro atoms. The van der Waals surface area contributed by atoms with Gasteiger partial charge in [-0.05, 0) is 42.8 Å². The van der Waals surface area contributed by atoms with Crippen LogP contribution in [0.25, 0.3) is 0 Å². The highest BCUT2D eigenvalue weighted by Gasteiger charge is 2.27. The third-order valence-corrected chi connectivity index (χ3v) is 4.01. The molecule has 0 saturated heterocycles. The average Bonchev–Trinajstić information content (AvgIpc) is 3.19. The third kappa shape index (κ3) is 3.37. The van der Waals surface area contributed by atoms with Crippen LogP contribution in [0.2, 0.25) is 0 Å². The standard InChI is InChI=1S/C18H17NO5/c1-11-14-9-12(4-6-15(14)19-18(11)22)16(20)10-24-17(21)7-5-13-3-2-8-23-13/h2-4,6,8-9,11H,5,7,10H2,1H3,(H,19,22)/t11-/m0/s1. The third-order valence-electron chi connectivity index (χ3n) is 4.01. The smallest absolute Gasteiger partial charge is 0.306 e. The Morgan fingerprint density at radius 1 is 1.29 bits per heavy atom. The number of ketones is 1. The zero-order valence-corrected chi connectivity index (χ0v) is 13.2. The van der Waals surface area contributed by atoms with Crippen molar-refractivity contribution in [2.75, 3.05) is 11.9 Å². The van der Waals surface area contributed by atoms with Gasteiger partial charge >= 0.3 is 5.97 Å². The molecule has 0 fully saturated rings. The molecule has 1 amide bonds. The maximum Gasteiger partial charge on any atom is 0.306 e. The molecule has 0 bridgehead atoms. The van der Waals surface area contributed by atoms with Gasteiger partial charge in [0.2, 0.25) is 5.91 Å². The maximum atomic E-state index is 12.2. The number of fused-ring (bicyclic) bond motifs is 1. The molecule has 1 aromatic carbocycles. The van der Waals surface area contributed by atoms with Crippen LogP contribution in [-0.4, -0.2) is 24.3 Å². The van der Waals surface area contributed by atoms with Gasteiger partial charge in [0.05, 0.1) is 18.6 Å². The number of esters is 1. The van der Waals surface area contributed by atoms with Gasteiger partial charge in [-0.2, -0.15) is 0 Å². The number of furan rings is 1. The molecule has 24 heavy (non-hydrogen) atoms. The Morgan fingerprint density at radius 2 is 2.12 bits per heavy atom. The summed E-state index contributed by atoms with van der Waals surface area (Å²) in [5.74, 6) is -0.424. The Morgan fingerprint density at radius 3 is 2.88 bits per heavy atom. The second-order valence-electron chi connectivity index (χ2n) is 5.68. The van der Waals surface area contributed by atoms with Gasteiger partial charge in [-0.1, -0.05) is 0 Å². The summed E-state index contributed by atoms with van der Waals surface area (Å²) in [7, 11) is 0. The van der Waals surface area contributed by atoms with E-state index >= 15 is 0 Å². The molecule has 1 aliphatic heterocycles. The second-order valence-corrected chi connectivity index (χ2v) is 5.68. The quantitative estimate of drug-likeness (QED) is 0.651. The van der Waals surface area contributed by atoms with Crippen LogP contribution >= 0.6 is 0 Å². The van der Waals surface area contributed by atoms with E-state index in [4.69, 9.17) is 9.15 Å². The summed E-state index contributed by atoms with van der Waals surface area (Å²) in [6.07, 6.45) is 2.13. The molecule has 2 heterocycles. The Labute approximate surface area is 138 Å². The maximum absolute atomic E-state index is 12.2. The Bertz CT molecular complexity index is 779.